The van der Waals surface area contributed by atoms with Crippen LogP contribution in [0.5, 0.6) is 0 Å². The summed E-state index contributed by atoms with van der Waals surface area (Å²) in [5.74, 6) is 0. The van der Waals surface area contributed by atoms with Crippen LogP contribution in [0.1, 0.15) is 33.1 Å². The molecule has 0 bridgehead atoms. The van der Waals surface area contributed by atoms with Gasteiger partial charge in [0.05, 0.1) is 6.10 Å². The standard InChI is InChI=1S/C9H19NO/c1-4-11-8(2)7-9(10-3)5-6-9/h8,10H,4-7H2,1-3H3. The van der Waals surface area contributed by atoms with Crippen molar-refractivity contribution < 1.29 is 4.74 Å². The normalized spacial score (nSPS) is 23.2. The maximum absolute atomic E-state index is 5.48. The molecule has 66 valence electrons. The molecule has 11 heavy (non-hydrogen) atoms. The maximum Gasteiger partial charge on any atom is 0.0564 e. The summed E-state index contributed by atoms with van der Waals surface area (Å²) in [6, 6.07) is 0. The first-order chi connectivity index (χ1) is 5.22. The van der Waals surface area contributed by atoms with Crippen LogP contribution in [0.4, 0.5) is 0 Å². The number of hydrogen-bond acceptors (Lipinski definition) is 2. The predicted octanol–water partition coefficient (Wildman–Crippen LogP) is 1.55. The topological polar surface area (TPSA) is 21.3 Å². The highest BCUT2D eigenvalue weighted by Crippen LogP contribution is 2.39. The number of nitrogens with one attached hydrogen (secondary N) is 1. The summed E-state index contributed by atoms with van der Waals surface area (Å²) in [6.07, 6.45) is 4.22. The van der Waals surface area contributed by atoms with E-state index >= 15 is 0 Å². The fraction of sp³-hybridized carbons (Fsp3) is 1.00. The molecule has 0 spiro atoms. The third kappa shape index (κ3) is 2.46. The van der Waals surface area contributed by atoms with E-state index in [1.807, 2.05) is 7.05 Å². The van der Waals surface area contributed by atoms with Crippen molar-refractivity contribution in [1.82, 2.24) is 5.32 Å². The van der Waals surface area contributed by atoms with Gasteiger partial charge in [0, 0.05) is 12.1 Å². The summed E-state index contributed by atoms with van der Waals surface area (Å²) in [4.78, 5) is 0. The van der Waals surface area contributed by atoms with E-state index in [1.54, 1.807) is 0 Å². The molecule has 0 aromatic heterocycles. The fourth-order valence-electron chi connectivity index (χ4n) is 1.60. The second-order valence-corrected chi connectivity index (χ2v) is 3.50. The molecule has 0 aromatic rings. The van der Waals surface area contributed by atoms with Crippen LogP contribution in [-0.2, 0) is 4.74 Å². The fourth-order valence-corrected chi connectivity index (χ4v) is 1.60. The van der Waals surface area contributed by atoms with Gasteiger partial charge in [0.2, 0.25) is 0 Å². The van der Waals surface area contributed by atoms with Crippen LogP contribution in [0.15, 0.2) is 0 Å². The molecule has 2 nitrogen and oxygen atoms in total. The minimum atomic E-state index is 0.412. The Morgan fingerprint density at radius 2 is 2.18 bits per heavy atom. The summed E-state index contributed by atoms with van der Waals surface area (Å²) >= 11 is 0. The van der Waals surface area contributed by atoms with Crippen molar-refractivity contribution in [1.29, 1.82) is 0 Å². The van der Waals surface area contributed by atoms with Gasteiger partial charge in [-0.25, -0.2) is 0 Å². The summed E-state index contributed by atoms with van der Waals surface area (Å²) < 4.78 is 5.48. The zero-order valence-corrected chi connectivity index (χ0v) is 7.81. The highest BCUT2D eigenvalue weighted by molar-refractivity contribution is 5.01. The first kappa shape index (κ1) is 9.01. The van der Waals surface area contributed by atoms with Crippen LogP contribution in [-0.4, -0.2) is 25.3 Å². The van der Waals surface area contributed by atoms with E-state index in [0.29, 0.717) is 11.6 Å². The predicted molar refractivity (Wildman–Crippen MR) is 46.7 cm³/mol. The molecule has 1 aliphatic rings. The molecule has 0 heterocycles. The van der Waals surface area contributed by atoms with Crippen molar-refractivity contribution in [2.45, 2.75) is 44.8 Å². The van der Waals surface area contributed by atoms with Gasteiger partial charge in [0.1, 0.15) is 0 Å². The summed E-state index contributed by atoms with van der Waals surface area (Å²) in [5, 5.41) is 3.36. The lowest BCUT2D eigenvalue weighted by Gasteiger charge is -2.19. The Morgan fingerprint density at radius 3 is 2.55 bits per heavy atom. The monoisotopic (exact) mass is 157 g/mol. The van der Waals surface area contributed by atoms with Gasteiger partial charge in [-0.05, 0) is 40.2 Å². The Bertz CT molecular complexity index is 121. The average Bonchev–Trinajstić information content (AvgIpc) is 2.70. The van der Waals surface area contributed by atoms with Crippen molar-refractivity contribution >= 4 is 0 Å². The Labute approximate surface area is 69.3 Å². The molecule has 0 amide bonds. The largest absolute Gasteiger partial charge is 0.379 e. The van der Waals surface area contributed by atoms with Crippen molar-refractivity contribution in [2.75, 3.05) is 13.7 Å². The molecular formula is C9H19NO. The number of ether oxygens (including phenoxy) is 1. The quantitative estimate of drug-likeness (QED) is 0.654. The molecule has 0 saturated heterocycles. The van der Waals surface area contributed by atoms with Gasteiger partial charge in [-0.15, -0.1) is 0 Å². The first-order valence-corrected chi connectivity index (χ1v) is 4.53. The van der Waals surface area contributed by atoms with Gasteiger partial charge >= 0.3 is 0 Å². The highest BCUT2D eigenvalue weighted by atomic mass is 16.5. The van der Waals surface area contributed by atoms with E-state index in [2.05, 4.69) is 19.2 Å². The van der Waals surface area contributed by atoms with Gasteiger partial charge in [-0.2, -0.15) is 0 Å². The molecule has 1 saturated carbocycles. The molecule has 1 N–H and O–H groups in total. The molecule has 0 aromatic carbocycles. The average molecular weight is 157 g/mol. The Kier molecular flexibility index (Phi) is 2.90. The van der Waals surface area contributed by atoms with Crippen molar-refractivity contribution in [3.63, 3.8) is 0 Å². The molecule has 0 radical (unpaired) electrons. The van der Waals surface area contributed by atoms with E-state index in [4.69, 9.17) is 4.74 Å². The molecule has 1 atom stereocenters. The zero-order valence-electron chi connectivity index (χ0n) is 7.81. The molecule has 2 heteroatoms. The second kappa shape index (κ2) is 3.55. The molecular weight excluding hydrogens is 138 g/mol. The Morgan fingerprint density at radius 1 is 1.55 bits per heavy atom. The maximum atomic E-state index is 5.48. The number of hydrogen-bond donors (Lipinski definition) is 1. The van der Waals surface area contributed by atoms with E-state index in [1.165, 1.54) is 12.8 Å². The van der Waals surface area contributed by atoms with Crippen LogP contribution in [0.25, 0.3) is 0 Å². The van der Waals surface area contributed by atoms with Crippen LogP contribution >= 0.6 is 0 Å². The van der Waals surface area contributed by atoms with Gasteiger partial charge in [0.25, 0.3) is 0 Å². The molecule has 1 aliphatic carbocycles. The molecule has 1 rings (SSSR count). The minimum absolute atomic E-state index is 0.412. The first-order valence-electron chi connectivity index (χ1n) is 4.53. The van der Waals surface area contributed by atoms with E-state index in [9.17, 15) is 0 Å². The smallest absolute Gasteiger partial charge is 0.0564 e. The molecule has 0 aliphatic heterocycles. The zero-order chi connectivity index (χ0) is 8.32. The van der Waals surface area contributed by atoms with Crippen LogP contribution in [0, 0.1) is 0 Å². The lowest BCUT2D eigenvalue weighted by molar-refractivity contribution is 0.0606. The van der Waals surface area contributed by atoms with Gasteiger partial charge in [-0.1, -0.05) is 0 Å². The van der Waals surface area contributed by atoms with E-state index in [0.717, 1.165) is 13.0 Å². The third-order valence-corrected chi connectivity index (χ3v) is 2.51. The highest BCUT2D eigenvalue weighted by Gasteiger charge is 2.41. The van der Waals surface area contributed by atoms with Gasteiger partial charge in [0.15, 0.2) is 0 Å². The lowest BCUT2D eigenvalue weighted by atomic mass is 10.1. The van der Waals surface area contributed by atoms with Gasteiger partial charge < -0.3 is 10.1 Å². The van der Waals surface area contributed by atoms with Crippen LogP contribution < -0.4 is 5.32 Å². The van der Waals surface area contributed by atoms with Gasteiger partial charge in [-0.3, -0.25) is 0 Å². The minimum Gasteiger partial charge on any atom is -0.379 e. The lowest BCUT2D eigenvalue weighted by Crippen LogP contribution is -2.31. The van der Waals surface area contributed by atoms with Crippen LogP contribution in [0.3, 0.4) is 0 Å². The SMILES string of the molecule is CCOC(C)CC1(NC)CC1. The molecule has 1 fully saturated rings. The Hall–Kier alpha value is -0.0800. The summed E-state index contributed by atoms with van der Waals surface area (Å²) in [6.45, 7) is 5.04. The van der Waals surface area contributed by atoms with Crippen molar-refractivity contribution in [3.05, 3.63) is 0 Å². The van der Waals surface area contributed by atoms with Crippen LogP contribution in [0.2, 0.25) is 0 Å². The number of rotatable bonds is 5. The van der Waals surface area contributed by atoms with Crippen molar-refractivity contribution in [2.24, 2.45) is 0 Å². The third-order valence-electron chi connectivity index (χ3n) is 2.51. The second-order valence-electron chi connectivity index (χ2n) is 3.50. The molecule has 1 unspecified atom stereocenters. The summed E-state index contributed by atoms with van der Waals surface area (Å²) in [5.41, 5.74) is 0.439. The van der Waals surface area contributed by atoms with E-state index in [-0.39, 0.29) is 0 Å². The van der Waals surface area contributed by atoms with Crippen molar-refractivity contribution in [3.8, 4) is 0 Å². The Balaban J connectivity index is 2.18. The van der Waals surface area contributed by atoms with E-state index < -0.39 is 0 Å². The summed E-state index contributed by atoms with van der Waals surface area (Å²) in [7, 11) is 2.05.